The van der Waals surface area contributed by atoms with E-state index in [1.807, 2.05) is 13.0 Å². The number of carbonyl (C=O) groups is 2. The van der Waals surface area contributed by atoms with Crippen LogP contribution in [0.1, 0.15) is 34.6 Å². The number of nitrogens with zero attached hydrogens (tertiary/aromatic N) is 1. The molecule has 2 rings (SSSR count). The fraction of sp³-hybridized carbons (Fsp3) is 0.278. The molecule has 0 aliphatic carbocycles. The predicted molar refractivity (Wildman–Crippen MR) is 88.8 cm³/mol. The molecule has 0 aliphatic heterocycles. The van der Waals surface area contributed by atoms with Crippen molar-refractivity contribution in [2.24, 2.45) is 0 Å². The van der Waals surface area contributed by atoms with Crippen LogP contribution in [0.2, 0.25) is 0 Å². The van der Waals surface area contributed by atoms with Gasteiger partial charge in [0.05, 0.1) is 44.1 Å². The standard InChI is InChI=1S/C18H20N2O4/c1-12(16-9-8-15(23-2)11-19-16)20-17(21)10-13-4-6-14(7-5-13)18(22)24-3/h4-9,11-12H,10H2,1-3H3,(H,20,21)/t12-/m1/s1. The van der Waals surface area contributed by atoms with Crippen LogP contribution < -0.4 is 10.1 Å². The van der Waals surface area contributed by atoms with Crippen molar-refractivity contribution >= 4 is 11.9 Å². The van der Waals surface area contributed by atoms with Gasteiger partial charge < -0.3 is 14.8 Å². The predicted octanol–water partition coefficient (Wildman–Crippen LogP) is 2.30. The van der Waals surface area contributed by atoms with Crippen LogP contribution in [0.4, 0.5) is 0 Å². The minimum Gasteiger partial charge on any atom is -0.495 e. The molecule has 0 saturated carbocycles. The summed E-state index contributed by atoms with van der Waals surface area (Å²) in [5.74, 6) is 0.152. The van der Waals surface area contributed by atoms with Gasteiger partial charge >= 0.3 is 5.97 Å². The first-order valence-electron chi connectivity index (χ1n) is 7.50. The van der Waals surface area contributed by atoms with E-state index in [0.717, 1.165) is 11.3 Å². The van der Waals surface area contributed by atoms with Gasteiger partial charge in [-0.25, -0.2) is 4.79 Å². The first-order chi connectivity index (χ1) is 11.5. The molecule has 1 amide bonds. The van der Waals surface area contributed by atoms with E-state index < -0.39 is 5.97 Å². The lowest BCUT2D eigenvalue weighted by Gasteiger charge is -2.14. The molecule has 6 nitrogen and oxygen atoms in total. The maximum atomic E-state index is 12.1. The lowest BCUT2D eigenvalue weighted by atomic mass is 10.1. The number of hydrogen-bond donors (Lipinski definition) is 1. The third-order valence-corrected chi connectivity index (χ3v) is 3.56. The molecule has 1 atom stereocenters. The van der Waals surface area contributed by atoms with Gasteiger partial charge in [0.25, 0.3) is 0 Å². The molecule has 0 aliphatic rings. The summed E-state index contributed by atoms with van der Waals surface area (Å²) in [6, 6.07) is 10.2. The van der Waals surface area contributed by atoms with E-state index in [1.165, 1.54) is 7.11 Å². The fourth-order valence-electron chi connectivity index (χ4n) is 2.20. The number of esters is 1. The normalized spacial score (nSPS) is 11.5. The largest absolute Gasteiger partial charge is 0.495 e. The quantitative estimate of drug-likeness (QED) is 0.823. The number of nitrogens with one attached hydrogen (secondary N) is 1. The van der Waals surface area contributed by atoms with Gasteiger partial charge in [-0.15, -0.1) is 0 Å². The SMILES string of the molecule is COC(=O)c1ccc(CC(=O)N[C@H](C)c2ccc(OC)cn2)cc1. The summed E-state index contributed by atoms with van der Waals surface area (Å²) in [7, 11) is 2.91. The molecule has 0 spiro atoms. The zero-order chi connectivity index (χ0) is 17.5. The Balaban J connectivity index is 1.93. The minimum atomic E-state index is -0.398. The molecular formula is C18H20N2O4. The van der Waals surface area contributed by atoms with Crippen LogP contribution in [0.25, 0.3) is 0 Å². The van der Waals surface area contributed by atoms with E-state index >= 15 is 0 Å². The zero-order valence-corrected chi connectivity index (χ0v) is 13.9. The number of benzene rings is 1. The van der Waals surface area contributed by atoms with E-state index in [0.29, 0.717) is 11.3 Å². The number of pyridine rings is 1. The summed E-state index contributed by atoms with van der Waals surface area (Å²) in [6.45, 7) is 1.87. The minimum absolute atomic E-state index is 0.120. The Hall–Kier alpha value is -2.89. The van der Waals surface area contributed by atoms with E-state index in [9.17, 15) is 9.59 Å². The van der Waals surface area contributed by atoms with Crippen LogP contribution >= 0.6 is 0 Å². The Morgan fingerprint density at radius 1 is 1.12 bits per heavy atom. The van der Waals surface area contributed by atoms with E-state index in [4.69, 9.17) is 4.74 Å². The fourth-order valence-corrected chi connectivity index (χ4v) is 2.20. The van der Waals surface area contributed by atoms with Crippen LogP contribution in [0.3, 0.4) is 0 Å². The van der Waals surface area contributed by atoms with Crippen molar-refractivity contribution in [2.75, 3.05) is 14.2 Å². The maximum absolute atomic E-state index is 12.1. The Labute approximate surface area is 140 Å². The second-order valence-corrected chi connectivity index (χ2v) is 5.28. The van der Waals surface area contributed by atoms with Crippen molar-refractivity contribution in [1.82, 2.24) is 10.3 Å². The smallest absolute Gasteiger partial charge is 0.337 e. The van der Waals surface area contributed by atoms with E-state index in [-0.39, 0.29) is 18.4 Å². The number of amides is 1. The van der Waals surface area contributed by atoms with E-state index in [1.54, 1.807) is 43.6 Å². The van der Waals surface area contributed by atoms with Crippen LogP contribution in [0.5, 0.6) is 5.75 Å². The molecule has 1 heterocycles. The van der Waals surface area contributed by atoms with Crippen molar-refractivity contribution in [3.8, 4) is 5.75 Å². The second-order valence-electron chi connectivity index (χ2n) is 5.28. The lowest BCUT2D eigenvalue weighted by Crippen LogP contribution is -2.28. The summed E-state index contributed by atoms with van der Waals surface area (Å²) < 4.78 is 9.70. The number of rotatable bonds is 6. The number of carbonyl (C=O) groups excluding carboxylic acids is 2. The van der Waals surface area contributed by atoms with Crippen molar-refractivity contribution in [3.05, 3.63) is 59.4 Å². The first kappa shape index (κ1) is 17.5. The molecule has 0 fully saturated rings. The molecule has 1 aromatic carbocycles. The molecule has 126 valence electrons. The van der Waals surface area contributed by atoms with Gasteiger partial charge in [0.2, 0.25) is 5.91 Å². The summed E-state index contributed by atoms with van der Waals surface area (Å²) in [5.41, 5.74) is 2.03. The highest BCUT2D eigenvalue weighted by atomic mass is 16.5. The highest BCUT2D eigenvalue weighted by Gasteiger charge is 2.12. The average molecular weight is 328 g/mol. The van der Waals surface area contributed by atoms with Gasteiger partial charge in [-0.2, -0.15) is 0 Å². The molecule has 1 aromatic heterocycles. The molecular weight excluding hydrogens is 308 g/mol. The zero-order valence-electron chi connectivity index (χ0n) is 13.9. The second kappa shape index (κ2) is 8.10. The van der Waals surface area contributed by atoms with E-state index in [2.05, 4.69) is 15.0 Å². The Morgan fingerprint density at radius 2 is 1.83 bits per heavy atom. The van der Waals surface area contributed by atoms with Crippen molar-refractivity contribution in [3.63, 3.8) is 0 Å². The molecule has 24 heavy (non-hydrogen) atoms. The van der Waals surface area contributed by atoms with Gasteiger partial charge in [-0.05, 0) is 36.8 Å². The molecule has 2 aromatic rings. The molecule has 0 bridgehead atoms. The third kappa shape index (κ3) is 4.55. The van der Waals surface area contributed by atoms with Crippen LogP contribution in [0, 0.1) is 0 Å². The summed E-state index contributed by atoms with van der Waals surface area (Å²) in [6.07, 6.45) is 1.84. The van der Waals surface area contributed by atoms with Gasteiger partial charge in [0.15, 0.2) is 0 Å². The van der Waals surface area contributed by atoms with Crippen molar-refractivity contribution < 1.29 is 19.1 Å². The van der Waals surface area contributed by atoms with Crippen LogP contribution in [-0.2, 0) is 16.0 Å². The van der Waals surface area contributed by atoms with Crippen molar-refractivity contribution in [1.29, 1.82) is 0 Å². The number of aromatic nitrogens is 1. The van der Waals surface area contributed by atoms with Gasteiger partial charge in [-0.3, -0.25) is 9.78 Å². The third-order valence-electron chi connectivity index (χ3n) is 3.56. The molecule has 0 radical (unpaired) electrons. The molecule has 0 unspecified atom stereocenters. The summed E-state index contributed by atoms with van der Waals surface area (Å²) in [5, 5.41) is 2.90. The van der Waals surface area contributed by atoms with Gasteiger partial charge in [-0.1, -0.05) is 12.1 Å². The highest BCUT2D eigenvalue weighted by Crippen LogP contribution is 2.14. The molecule has 6 heteroatoms. The number of methoxy groups -OCH3 is 2. The van der Waals surface area contributed by atoms with Crippen molar-refractivity contribution in [2.45, 2.75) is 19.4 Å². The number of ether oxygens (including phenoxy) is 2. The maximum Gasteiger partial charge on any atom is 0.337 e. The van der Waals surface area contributed by atoms with Gasteiger partial charge in [0.1, 0.15) is 5.75 Å². The van der Waals surface area contributed by atoms with Crippen LogP contribution in [-0.4, -0.2) is 31.1 Å². The highest BCUT2D eigenvalue weighted by molar-refractivity contribution is 5.89. The topological polar surface area (TPSA) is 77.5 Å². The Bertz CT molecular complexity index is 696. The molecule has 0 saturated heterocycles. The molecule has 1 N–H and O–H groups in total. The Morgan fingerprint density at radius 3 is 2.38 bits per heavy atom. The summed E-state index contributed by atoms with van der Waals surface area (Å²) >= 11 is 0. The average Bonchev–Trinajstić information content (AvgIpc) is 2.61. The Kier molecular flexibility index (Phi) is 5.89. The number of hydrogen-bond acceptors (Lipinski definition) is 5. The monoisotopic (exact) mass is 328 g/mol. The summed E-state index contributed by atoms with van der Waals surface area (Å²) in [4.78, 5) is 27.8. The van der Waals surface area contributed by atoms with Gasteiger partial charge in [0, 0.05) is 0 Å². The lowest BCUT2D eigenvalue weighted by molar-refractivity contribution is -0.121. The first-order valence-corrected chi connectivity index (χ1v) is 7.50. The van der Waals surface area contributed by atoms with Crippen LogP contribution in [0.15, 0.2) is 42.6 Å².